The van der Waals surface area contributed by atoms with Gasteiger partial charge in [-0.3, -0.25) is 0 Å². The first-order valence-corrected chi connectivity index (χ1v) is 6.89. The van der Waals surface area contributed by atoms with E-state index in [0.29, 0.717) is 12.3 Å². The molecule has 1 aromatic carbocycles. The van der Waals surface area contributed by atoms with Crippen LogP contribution in [0.4, 0.5) is 0 Å². The molecule has 19 heavy (non-hydrogen) atoms. The summed E-state index contributed by atoms with van der Waals surface area (Å²) in [5.74, 6) is 1.44. The number of aryl methyl sites for hydroxylation is 2. The first-order valence-electron chi connectivity index (χ1n) is 6.89. The second-order valence-electron chi connectivity index (χ2n) is 4.82. The average molecular weight is 259 g/mol. The van der Waals surface area contributed by atoms with Gasteiger partial charge in [-0.05, 0) is 24.8 Å². The highest BCUT2D eigenvalue weighted by Crippen LogP contribution is 2.08. The van der Waals surface area contributed by atoms with Gasteiger partial charge in [-0.2, -0.15) is 4.98 Å². The summed E-state index contributed by atoms with van der Waals surface area (Å²) in [6.45, 7) is 2.06. The van der Waals surface area contributed by atoms with E-state index in [-0.39, 0.29) is 6.04 Å². The molecule has 0 spiro atoms. The van der Waals surface area contributed by atoms with Crippen LogP contribution in [0.2, 0.25) is 0 Å². The summed E-state index contributed by atoms with van der Waals surface area (Å²) in [7, 11) is 0. The van der Waals surface area contributed by atoms with Crippen molar-refractivity contribution in [2.75, 3.05) is 0 Å². The summed E-state index contributed by atoms with van der Waals surface area (Å²) in [4.78, 5) is 4.37. The molecule has 0 fully saturated rings. The minimum atomic E-state index is 0.120. The highest BCUT2D eigenvalue weighted by atomic mass is 16.5. The summed E-state index contributed by atoms with van der Waals surface area (Å²) in [6, 6.07) is 10.6. The maximum Gasteiger partial charge on any atom is 0.226 e. The van der Waals surface area contributed by atoms with E-state index in [4.69, 9.17) is 10.3 Å². The SMILES string of the molecule is CCC(N)Cc1noc(CCCc2ccccc2)n1. The van der Waals surface area contributed by atoms with Crippen molar-refractivity contribution in [2.45, 2.75) is 45.1 Å². The molecular formula is C15H21N3O. The lowest BCUT2D eigenvalue weighted by molar-refractivity contribution is 0.369. The summed E-state index contributed by atoms with van der Waals surface area (Å²) >= 11 is 0. The van der Waals surface area contributed by atoms with Gasteiger partial charge in [0.05, 0.1) is 0 Å². The number of rotatable bonds is 7. The van der Waals surface area contributed by atoms with E-state index in [2.05, 4.69) is 41.3 Å². The lowest BCUT2D eigenvalue weighted by atomic mass is 10.1. The van der Waals surface area contributed by atoms with E-state index >= 15 is 0 Å². The molecule has 2 N–H and O–H groups in total. The number of benzene rings is 1. The second kappa shape index (κ2) is 7.04. The van der Waals surface area contributed by atoms with Crippen LogP contribution < -0.4 is 5.73 Å². The van der Waals surface area contributed by atoms with Crippen LogP contribution >= 0.6 is 0 Å². The Bertz CT molecular complexity index is 481. The molecule has 4 nitrogen and oxygen atoms in total. The molecule has 1 unspecified atom stereocenters. The Balaban J connectivity index is 1.77. The third-order valence-electron chi connectivity index (χ3n) is 3.18. The predicted octanol–water partition coefficient (Wildman–Crippen LogP) is 2.52. The Hall–Kier alpha value is -1.68. The van der Waals surface area contributed by atoms with Crippen molar-refractivity contribution in [3.8, 4) is 0 Å². The normalized spacial score (nSPS) is 12.5. The Labute approximate surface area is 114 Å². The van der Waals surface area contributed by atoms with Crippen molar-refractivity contribution in [1.82, 2.24) is 10.1 Å². The molecule has 2 aromatic rings. The molecule has 1 heterocycles. The van der Waals surface area contributed by atoms with Crippen molar-refractivity contribution in [1.29, 1.82) is 0 Å². The van der Waals surface area contributed by atoms with Crippen LogP contribution in [0, 0.1) is 0 Å². The average Bonchev–Trinajstić information content (AvgIpc) is 2.87. The van der Waals surface area contributed by atoms with Gasteiger partial charge in [0.15, 0.2) is 5.82 Å². The number of hydrogen-bond donors (Lipinski definition) is 1. The van der Waals surface area contributed by atoms with Crippen LogP contribution in [0.1, 0.15) is 37.0 Å². The fourth-order valence-corrected chi connectivity index (χ4v) is 1.94. The summed E-state index contributed by atoms with van der Waals surface area (Å²) in [5, 5.41) is 3.96. The first kappa shape index (κ1) is 13.7. The molecule has 0 aliphatic rings. The lowest BCUT2D eigenvalue weighted by Gasteiger charge is -2.02. The highest BCUT2D eigenvalue weighted by molar-refractivity contribution is 5.14. The maximum atomic E-state index is 5.87. The van der Waals surface area contributed by atoms with E-state index < -0.39 is 0 Å². The van der Waals surface area contributed by atoms with Gasteiger partial charge in [-0.15, -0.1) is 0 Å². The van der Waals surface area contributed by atoms with Crippen LogP contribution in [0.15, 0.2) is 34.9 Å². The number of nitrogens with zero attached hydrogens (tertiary/aromatic N) is 2. The van der Waals surface area contributed by atoms with Crippen LogP contribution in [0.25, 0.3) is 0 Å². The first-order chi connectivity index (χ1) is 9.28. The standard InChI is InChI=1S/C15H21N3O/c1-2-13(16)11-14-17-15(19-18-14)10-6-9-12-7-4-3-5-8-12/h3-5,7-8,13H,2,6,9-11,16H2,1H3. The molecular weight excluding hydrogens is 238 g/mol. The number of hydrogen-bond acceptors (Lipinski definition) is 4. The zero-order chi connectivity index (χ0) is 13.5. The minimum absolute atomic E-state index is 0.120. The molecule has 0 amide bonds. The molecule has 2 rings (SSSR count). The smallest absolute Gasteiger partial charge is 0.226 e. The second-order valence-corrected chi connectivity index (χ2v) is 4.82. The number of nitrogens with two attached hydrogens (primary N) is 1. The van der Waals surface area contributed by atoms with E-state index in [1.165, 1.54) is 5.56 Å². The largest absolute Gasteiger partial charge is 0.339 e. The molecule has 0 aliphatic heterocycles. The molecule has 0 saturated heterocycles. The molecule has 0 aliphatic carbocycles. The zero-order valence-corrected chi connectivity index (χ0v) is 11.4. The zero-order valence-electron chi connectivity index (χ0n) is 11.4. The van der Waals surface area contributed by atoms with Gasteiger partial charge in [-0.1, -0.05) is 42.4 Å². The molecule has 102 valence electrons. The maximum absolute atomic E-state index is 5.87. The monoisotopic (exact) mass is 259 g/mol. The van der Waals surface area contributed by atoms with Crippen LogP contribution in [-0.2, 0) is 19.3 Å². The topological polar surface area (TPSA) is 64.9 Å². The van der Waals surface area contributed by atoms with Crippen molar-refractivity contribution >= 4 is 0 Å². The van der Waals surface area contributed by atoms with Crippen molar-refractivity contribution in [3.63, 3.8) is 0 Å². The van der Waals surface area contributed by atoms with E-state index in [1.807, 2.05) is 6.07 Å². The highest BCUT2D eigenvalue weighted by Gasteiger charge is 2.09. The molecule has 0 bridgehead atoms. The third kappa shape index (κ3) is 4.48. The minimum Gasteiger partial charge on any atom is -0.339 e. The van der Waals surface area contributed by atoms with Crippen LogP contribution in [0.5, 0.6) is 0 Å². The van der Waals surface area contributed by atoms with Gasteiger partial charge in [-0.25, -0.2) is 0 Å². The fourth-order valence-electron chi connectivity index (χ4n) is 1.94. The van der Waals surface area contributed by atoms with Gasteiger partial charge < -0.3 is 10.3 Å². The van der Waals surface area contributed by atoms with Gasteiger partial charge >= 0.3 is 0 Å². The Morgan fingerprint density at radius 1 is 1.21 bits per heavy atom. The fraction of sp³-hybridized carbons (Fsp3) is 0.467. The molecule has 1 aromatic heterocycles. The Morgan fingerprint density at radius 2 is 2.00 bits per heavy atom. The van der Waals surface area contributed by atoms with E-state index in [9.17, 15) is 0 Å². The summed E-state index contributed by atoms with van der Waals surface area (Å²) in [6.07, 6.45) is 4.50. The van der Waals surface area contributed by atoms with Gasteiger partial charge in [0, 0.05) is 18.9 Å². The summed E-state index contributed by atoms with van der Waals surface area (Å²) in [5.41, 5.74) is 7.21. The van der Waals surface area contributed by atoms with Gasteiger partial charge in [0.25, 0.3) is 0 Å². The lowest BCUT2D eigenvalue weighted by Crippen LogP contribution is -2.22. The van der Waals surface area contributed by atoms with Crippen molar-refractivity contribution < 1.29 is 4.52 Å². The molecule has 0 radical (unpaired) electrons. The quantitative estimate of drug-likeness (QED) is 0.829. The molecule has 4 heteroatoms. The van der Waals surface area contributed by atoms with Crippen molar-refractivity contribution in [3.05, 3.63) is 47.6 Å². The Morgan fingerprint density at radius 3 is 2.74 bits per heavy atom. The predicted molar refractivity (Wildman–Crippen MR) is 74.7 cm³/mol. The van der Waals surface area contributed by atoms with E-state index in [1.54, 1.807) is 0 Å². The molecule has 1 atom stereocenters. The third-order valence-corrected chi connectivity index (χ3v) is 3.18. The van der Waals surface area contributed by atoms with Gasteiger partial charge in [0.1, 0.15) is 0 Å². The van der Waals surface area contributed by atoms with E-state index in [0.717, 1.165) is 31.5 Å². The van der Waals surface area contributed by atoms with Crippen LogP contribution in [-0.4, -0.2) is 16.2 Å². The molecule has 0 saturated carbocycles. The summed E-state index contributed by atoms with van der Waals surface area (Å²) < 4.78 is 5.23. The van der Waals surface area contributed by atoms with Crippen LogP contribution in [0.3, 0.4) is 0 Å². The van der Waals surface area contributed by atoms with Gasteiger partial charge in [0.2, 0.25) is 5.89 Å². The number of aromatic nitrogens is 2. The Kier molecular flexibility index (Phi) is 5.10. The van der Waals surface area contributed by atoms with Crippen molar-refractivity contribution in [2.24, 2.45) is 5.73 Å².